The Morgan fingerprint density at radius 2 is 1.62 bits per heavy atom. The van der Waals surface area contributed by atoms with Gasteiger partial charge >= 0.3 is 6.03 Å². The van der Waals surface area contributed by atoms with Crippen molar-refractivity contribution in [2.24, 2.45) is 0 Å². The molecule has 1 aromatic heterocycles. The lowest BCUT2D eigenvalue weighted by Crippen LogP contribution is -2.46. The first-order valence-corrected chi connectivity index (χ1v) is 12.1. The van der Waals surface area contributed by atoms with Gasteiger partial charge in [-0.25, -0.2) is 13.7 Å². The van der Waals surface area contributed by atoms with Crippen molar-refractivity contribution in [1.29, 1.82) is 0 Å². The molecule has 6 nitrogen and oxygen atoms in total. The van der Waals surface area contributed by atoms with E-state index < -0.39 is 11.0 Å². The van der Waals surface area contributed by atoms with Gasteiger partial charge in [-0.1, -0.05) is 54.6 Å². The maximum atomic E-state index is 13.1. The quantitative estimate of drug-likeness (QED) is 0.507. The summed E-state index contributed by atoms with van der Waals surface area (Å²) in [6, 6.07) is 21.8. The molecule has 0 radical (unpaired) electrons. The summed E-state index contributed by atoms with van der Waals surface area (Å²) in [6.07, 6.45) is 6.90. The summed E-state index contributed by atoms with van der Waals surface area (Å²) in [5.74, 6) is 0. The molecule has 1 heterocycles. The molecule has 2 amide bonds. The lowest BCUT2D eigenvalue weighted by atomic mass is 9.92. The lowest BCUT2D eigenvalue weighted by molar-refractivity contribution is 0.230. The number of amides is 2. The Hall–Kier alpha value is -3.03. The molecule has 3 N–H and O–H groups in total. The van der Waals surface area contributed by atoms with Crippen molar-refractivity contribution in [1.82, 2.24) is 20.3 Å². The van der Waals surface area contributed by atoms with Crippen LogP contribution in [-0.2, 0) is 17.5 Å². The van der Waals surface area contributed by atoms with Crippen molar-refractivity contribution >= 4 is 17.0 Å². The number of hydrogen-bond donors (Lipinski definition) is 3. The van der Waals surface area contributed by atoms with Crippen LogP contribution in [0.1, 0.15) is 31.2 Å². The van der Waals surface area contributed by atoms with E-state index in [2.05, 4.69) is 20.3 Å². The topological polar surface area (TPSA) is 83.1 Å². The van der Waals surface area contributed by atoms with Gasteiger partial charge in [0, 0.05) is 31.0 Å². The first-order chi connectivity index (χ1) is 15.7. The molecule has 0 bridgehead atoms. The molecular formula is C25H28N4O2S. The van der Waals surface area contributed by atoms with Gasteiger partial charge in [0.1, 0.15) is 11.0 Å². The Bertz CT molecular complexity index is 1040. The molecule has 4 rings (SSSR count). The Labute approximate surface area is 191 Å². The van der Waals surface area contributed by atoms with Gasteiger partial charge < -0.3 is 10.6 Å². The minimum absolute atomic E-state index is 0.131. The van der Waals surface area contributed by atoms with E-state index in [1.165, 1.54) is 0 Å². The number of aromatic nitrogens is 1. The van der Waals surface area contributed by atoms with Crippen molar-refractivity contribution in [3.63, 3.8) is 0 Å². The van der Waals surface area contributed by atoms with Gasteiger partial charge in [-0.05, 0) is 54.5 Å². The Morgan fingerprint density at radius 3 is 2.38 bits per heavy atom. The van der Waals surface area contributed by atoms with Gasteiger partial charge in [0.15, 0.2) is 0 Å². The van der Waals surface area contributed by atoms with Crippen molar-refractivity contribution in [2.45, 2.75) is 49.2 Å². The van der Waals surface area contributed by atoms with Crippen LogP contribution < -0.4 is 15.4 Å². The second kappa shape index (κ2) is 11.0. The second-order valence-corrected chi connectivity index (χ2v) is 9.20. The zero-order valence-corrected chi connectivity index (χ0v) is 18.7. The molecule has 2 aromatic carbocycles. The van der Waals surface area contributed by atoms with Crippen LogP contribution in [0.15, 0.2) is 84.0 Å². The average molecular weight is 449 g/mol. The first kappa shape index (κ1) is 22.2. The molecular weight excluding hydrogens is 420 g/mol. The molecule has 3 aromatic rings. The predicted octanol–water partition coefficient (Wildman–Crippen LogP) is 4.17. The SMILES string of the molecule is O=C(NCc1cccnc1)NC1CCC(NS(=O)c2ccccc2-c2ccccc2)CC1. The van der Waals surface area contributed by atoms with Crippen LogP contribution in [-0.4, -0.2) is 27.3 Å². The van der Waals surface area contributed by atoms with Crippen LogP contribution in [0.25, 0.3) is 11.1 Å². The van der Waals surface area contributed by atoms with Crippen molar-refractivity contribution < 1.29 is 9.00 Å². The Balaban J connectivity index is 1.26. The molecule has 1 saturated carbocycles. The fraction of sp³-hybridized carbons (Fsp3) is 0.280. The molecule has 1 unspecified atom stereocenters. The third-order valence-electron chi connectivity index (χ3n) is 5.68. The number of carbonyl (C=O) groups is 1. The molecule has 0 spiro atoms. The average Bonchev–Trinajstić information content (AvgIpc) is 2.85. The van der Waals surface area contributed by atoms with E-state index in [1.54, 1.807) is 12.4 Å². The molecule has 1 aliphatic rings. The highest BCUT2D eigenvalue weighted by molar-refractivity contribution is 7.83. The van der Waals surface area contributed by atoms with E-state index >= 15 is 0 Å². The molecule has 1 fully saturated rings. The Kier molecular flexibility index (Phi) is 7.64. The summed E-state index contributed by atoms with van der Waals surface area (Å²) in [4.78, 5) is 17.0. The molecule has 1 atom stereocenters. The molecule has 166 valence electrons. The van der Waals surface area contributed by atoms with Crippen LogP contribution in [0.2, 0.25) is 0 Å². The summed E-state index contributed by atoms with van der Waals surface area (Å²) < 4.78 is 16.4. The van der Waals surface area contributed by atoms with Crippen LogP contribution in [0.5, 0.6) is 0 Å². The van der Waals surface area contributed by atoms with Gasteiger partial charge in [0.2, 0.25) is 0 Å². The highest BCUT2D eigenvalue weighted by atomic mass is 32.2. The first-order valence-electron chi connectivity index (χ1n) is 10.9. The number of urea groups is 1. The molecule has 7 heteroatoms. The zero-order chi connectivity index (χ0) is 22.2. The minimum Gasteiger partial charge on any atom is -0.335 e. The molecule has 32 heavy (non-hydrogen) atoms. The lowest BCUT2D eigenvalue weighted by Gasteiger charge is -2.29. The summed E-state index contributed by atoms with van der Waals surface area (Å²) in [7, 11) is -1.29. The maximum absolute atomic E-state index is 13.1. The smallest absolute Gasteiger partial charge is 0.315 e. The van der Waals surface area contributed by atoms with Crippen molar-refractivity contribution in [3.05, 3.63) is 84.7 Å². The summed E-state index contributed by atoms with van der Waals surface area (Å²) in [5.41, 5.74) is 3.01. The van der Waals surface area contributed by atoms with Gasteiger partial charge in [-0.3, -0.25) is 4.98 Å². The van der Waals surface area contributed by atoms with Crippen LogP contribution in [0.4, 0.5) is 4.79 Å². The number of benzene rings is 2. The number of rotatable bonds is 7. The normalized spacial score (nSPS) is 19.1. The number of pyridine rings is 1. The second-order valence-electron chi connectivity index (χ2n) is 7.99. The van der Waals surface area contributed by atoms with Gasteiger partial charge in [0.05, 0.1) is 4.90 Å². The van der Waals surface area contributed by atoms with E-state index in [-0.39, 0.29) is 18.1 Å². The summed E-state index contributed by atoms with van der Waals surface area (Å²) in [6.45, 7) is 0.455. The highest BCUT2D eigenvalue weighted by Gasteiger charge is 2.24. The van der Waals surface area contributed by atoms with Gasteiger partial charge in [-0.2, -0.15) is 0 Å². The molecule has 1 aliphatic carbocycles. The van der Waals surface area contributed by atoms with Crippen LogP contribution in [0.3, 0.4) is 0 Å². The summed E-state index contributed by atoms with van der Waals surface area (Å²) >= 11 is 0. The fourth-order valence-corrected chi connectivity index (χ4v) is 5.23. The van der Waals surface area contributed by atoms with E-state index in [0.29, 0.717) is 6.54 Å². The number of hydrogen-bond acceptors (Lipinski definition) is 3. The van der Waals surface area contributed by atoms with Gasteiger partial charge in [-0.15, -0.1) is 0 Å². The van der Waals surface area contributed by atoms with Crippen molar-refractivity contribution in [3.8, 4) is 11.1 Å². The van der Waals surface area contributed by atoms with E-state index in [4.69, 9.17) is 0 Å². The third kappa shape index (κ3) is 6.02. The van der Waals surface area contributed by atoms with Crippen LogP contribution >= 0.6 is 0 Å². The van der Waals surface area contributed by atoms with E-state index in [1.807, 2.05) is 66.7 Å². The third-order valence-corrected chi connectivity index (χ3v) is 6.99. The van der Waals surface area contributed by atoms with E-state index in [9.17, 15) is 9.00 Å². The number of nitrogens with zero attached hydrogens (tertiary/aromatic N) is 1. The highest BCUT2D eigenvalue weighted by Crippen LogP contribution is 2.26. The Morgan fingerprint density at radius 1 is 0.906 bits per heavy atom. The fourth-order valence-electron chi connectivity index (χ4n) is 3.98. The summed E-state index contributed by atoms with van der Waals surface area (Å²) in [5, 5.41) is 5.93. The number of nitrogens with one attached hydrogen (secondary N) is 3. The predicted molar refractivity (Wildman–Crippen MR) is 127 cm³/mol. The largest absolute Gasteiger partial charge is 0.335 e. The van der Waals surface area contributed by atoms with Crippen molar-refractivity contribution in [2.75, 3.05) is 0 Å². The standard InChI is InChI=1S/C25H28N4O2S/c30-25(27-18-19-7-6-16-26-17-19)28-21-12-14-22(15-13-21)29-32(31)24-11-5-4-10-23(24)20-8-2-1-3-9-20/h1-11,16-17,21-22,29H,12-15,18H2,(H2,27,28,30). The maximum Gasteiger partial charge on any atom is 0.315 e. The van der Waals surface area contributed by atoms with Gasteiger partial charge in [0.25, 0.3) is 0 Å². The monoisotopic (exact) mass is 448 g/mol. The molecule has 0 saturated heterocycles. The minimum atomic E-state index is -1.29. The van der Waals surface area contributed by atoms with Crippen LogP contribution in [0, 0.1) is 0 Å². The molecule has 0 aliphatic heterocycles. The zero-order valence-electron chi connectivity index (χ0n) is 17.9. The van der Waals surface area contributed by atoms with E-state index in [0.717, 1.165) is 47.3 Å². The number of carbonyl (C=O) groups excluding carboxylic acids is 1.